The first-order valence-corrected chi connectivity index (χ1v) is 7.24. The number of hydrogen-bond acceptors (Lipinski definition) is 4. The third kappa shape index (κ3) is 2.95. The van der Waals surface area contributed by atoms with Crippen LogP contribution in [0.3, 0.4) is 0 Å². The Morgan fingerprint density at radius 1 is 1.32 bits per heavy atom. The monoisotopic (exact) mass is 349 g/mol. The largest absolute Gasteiger partial charge is 0.466 e. The van der Waals surface area contributed by atoms with Gasteiger partial charge in [-0.15, -0.1) is 0 Å². The molecule has 7 nitrogen and oxygen atoms in total. The number of hydrogen-bond donors (Lipinski definition) is 2. The Morgan fingerprint density at radius 2 is 2.08 bits per heavy atom. The van der Waals surface area contributed by atoms with Crippen LogP contribution in [-0.4, -0.2) is 29.3 Å². The maximum absolute atomic E-state index is 13.6. The second kappa shape index (κ2) is 6.00. The van der Waals surface area contributed by atoms with Crippen molar-refractivity contribution in [3.63, 3.8) is 0 Å². The summed E-state index contributed by atoms with van der Waals surface area (Å²) in [5.74, 6) is -3.02. The second-order valence-corrected chi connectivity index (χ2v) is 5.60. The highest BCUT2D eigenvalue weighted by molar-refractivity contribution is 6.10. The number of nitrogens with zero attached hydrogens (tertiary/aromatic N) is 1. The highest BCUT2D eigenvalue weighted by Crippen LogP contribution is 2.29. The molecule has 1 aliphatic rings. The quantitative estimate of drug-likeness (QED) is 0.826. The van der Waals surface area contributed by atoms with Gasteiger partial charge in [0.05, 0.1) is 12.0 Å². The van der Waals surface area contributed by atoms with Gasteiger partial charge in [-0.1, -0.05) is 0 Å². The third-order valence-electron chi connectivity index (χ3n) is 3.80. The van der Waals surface area contributed by atoms with E-state index in [1.54, 1.807) is 6.07 Å². The van der Waals surface area contributed by atoms with Crippen molar-refractivity contribution >= 4 is 23.5 Å². The Labute approximate surface area is 140 Å². The molecule has 3 rings (SSSR count). The van der Waals surface area contributed by atoms with Gasteiger partial charge >= 0.3 is 6.03 Å². The van der Waals surface area contributed by atoms with Crippen LogP contribution in [0.25, 0.3) is 0 Å². The van der Waals surface area contributed by atoms with Gasteiger partial charge in [0, 0.05) is 6.07 Å². The highest BCUT2D eigenvalue weighted by atomic mass is 19.1. The molecule has 1 aliphatic heterocycles. The number of imide groups is 1. The molecule has 0 radical (unpaired) electrons. The summed E-state index contributed by atoms with van der Waals surface area (Å²) in [6.07, 6.45) is 1.35. The Balaban J connectivity index is 1.73. The molecule has 1 atom stereocenters. The number of urea groups is 1. The molecule has 130 valence electrons. The van der Waals surface area contributed by atoms with Crippen molar-refractivity contribution in [1.82, 2.24) is 10.2 Å². The molecule has 1 aromatic carbocycles. The lowest BCUT2D eigenvalue weighted by molar-refractivity contribution is -0.134. The lowest BCUT2D eigenvalue weighted by Gasteiger charge is -2.18. The van der Waals surface area contributed by atoms with Crippen LogP contribution in [0.2, 0.25) is 0 Å². The normalized spacial score (nSPS) is 19.9. The molecule has 2 heterocycles. The van der Waals surface area contributed by atoms with E-state index in [4.69, 9.17) is 4.42 Å². The number of nitrogens with one attached hydrogen (secondary N) is 2. The average molecular weight is 349 g/mol. The van der Waals surface area contributed by atoms with Crippen LogP contribution in [0.5, 0.6) is 0 Å². The number of benzene rings is 1. The minimum absolute atomic E-state index is 0.221. The predicted molar refractivity (Wildman–Crippen MR) is 81.3 cm³/mol. The van der Waals surface area contributed by atoms with Crippen LogP contribution in [0.1, 0.15) is 12.7 Å². The predicted octanol–water partition coefficient (Wildman–Crippen LogP) is 1.96. The molecule has 0 saturated carbocycles. The van der Waals surface area contributed by atoms with Gasteiger partial charge in [-0.3, -0.25) is 14.5 Å². The van der Waals surface area contributed by atoms with E-state index < -0.39 is 41.6 Å². The van der Waals surface area contributed by atoms with Crippen LogP contribution in [-0.2, 0) is 15.1 Å². The first kappa shape index (κ1) is 16.6. The van der Waals surface area contributed by atoms with E-state index in [-0.39, 0.29) is 11.4 Å². The molecule has 1 saturated heterocycles. The van der Waals surface area contributed by atoms with Crippen molar-refractivity contribution in [2.45, 2.75) is 12.5 Å². The SMILES string of the molecule is CC1(c2ccco2)NC(=O)N(CC(=O)Nc2ccc(F)cc2F)C1=O. The first-order chi connectivity index (χ1) is 11.8. The van der Waals surface area contributed by atoms with E-state index in [0.717, 1.165) is 12.1 Å². The molecular weight excluding hydrogens is 336 g/mol. The molecule has 9 heteroatoms. The number of halogens is 2. The van der Waals surface area contributed by atoms with E-state index in [0.29, 0.717) is 11.0 Å². The van der Waals surface area contributed by atoms with Gasteiger partial charge in [0.1, 0.15) is 23.9 Å². The van der Waals surface area contributed by atoms with Crippen LogP contribution in [0.15, 0.2) is 41.0 Å². The summed E-state index contributed by atoms with van der Waals surface area (Å²) in [6, 6.07) is 4.93. The van der Waals surface area contributed by atoms with Crippen molar-refractivity contribution < 1.29 is 27.6 Å². The second-order valence-electron chi connectivity index (χ2n) is 5.60. The van der Waals surface area contributed by atoms with Gasteiger partial charge in [0.15, 0.2) is 5.54 Å². The molecule has 25 heavy (non-hydrogen) atoms. The van der Waals surface area contributed by atoms with Gasteiger partial charge in [0.25, 0.3) is 5.91 Å². The summed E-state index contributed by atoms with van der Waals surface area (Å²) in [4.78, 5) is 37.3. The van der Waals surface area contributed by atoms with Gasteiger partial charge in [-0.2, -0.15) is 0 Å². The summed E-state index contributed by atoms with van der Waals surface area (Å²) in [5.41, 5.74) is -1.69. The fourth-order valence-corrected chi connectivity index (χ4v) is 2.49. The standard InChI is InChI=1S/C16H13F2N3O4/c1-16(12-3-2-6-25-12)14(23)21(15(24)20-16)8-13(22)19-11-5-4-9(17)7-10(11)18/h2-7H,8H2,1H3,(H,19,22)(H,20,24). The van der Waals surface area contributed by atoms with E-state index in [2.05, 4.69) is 10.6 Å². The van der Waals surface area contributed by atoms with Crippen LogP contribution >= 0.6 is 0 Å². The summed E-state index contributed by atoms with van der Waals surface area (Å²) in [6.45, 7) is 0.821. The lowest BCUT2D eigenvalue weighted by Crippen LogP contribution is -2.41. The molecule has 2 aromatic rings. The summed E-state index contributed by atoms with van der Waals surface area (Å²) >= 11 is 0. The van der Waals surface area contributed by atoms with E-state index >= 15 is 0 Å². The van der Waals surface area contributed by atoms with Gasteiger partial charge in [-0.25, -0.2) is 13.6 Å². The van der Waals surface area contributed by atoms with E-state index in [1.807, 2.05) is 0 Å². The van der Waals surface area contributed by atoms with Crippen LogP contribution in [0, 0.1) is 11.6 Å². The Morgan fingerprint density at radius 3 is 2.72 bits per heavy atom. The molecule has 0 aliphatic carbocycles. The van der Waals surface area contributed by atoms with E-state index in [9.17, 15) is 23.2 Å². The zero-order valence-electron chi connectivity index (χ0n) is 13.0. The molecular formula is C16H13F2N3O4. The Hall–Kier alpha value is -3.23. The maximum atomic E-state index is 13.6. The highest BCUT2D eigenvalue weighted by Gasteiger charge is 2.51. The van der Waals surface area contributed by atoms with E-state index in [1.165, 1.54) is 19.3 Å². The minimum atomic E-state index is -1.43. The van der Waals surface area contributed by atoms with Gasteiger partial charge in [-0.05, 0) is 31.2 Å². The molecule has 2 N–H and O–H groups in total. The van der Waals surface area contributed by atoms with Crippen molar-refractivity contribution in [1.29, 1.82) is 0 Å². The Kier molecular flexibility index (Phi) is 3.99. The number of carbonyl (C=O) groups excluding carboxylic acids is 3. The van der Waals surface area contributed by atoms with Crippen molar-refractivity contribution in [3.8, 4) is 0 Å². The van der Waals surface area contributed by atoms with Crippen molar-refractivity contribution in [2.24, 2.45) is 0 Å². The minimum Gasteiger partial charge on any atom is -0.466 e. The zero-order valence-corrected chi connectivity index (χ0v) is 13.0. The fraction of sp³-hybridized carbons (Fsp3) is 0.188. The fourth-order valence-electron chi connectivity index (χ4n) is 2.49. The number of amides is 4. The van der Waals surface area contributed by atoms with Crippen LogP contribution < -0.4 is 10.6 Å². The molecule has 1 fully saturated rings. The number of carbonyl (C=O) groups is 3. The number of anilines is 1. The molecule has 1 unspecified atom stereocenters. The average Bonchev–Trinajstić information content (AvgIpc) is 3.15. The van der Waals surface area contributed by atoms with Crippen molar-refractivity contribution in [3.05, 3.63) is 54.0 Å². The first-order valence-electron chi connectivity index (χ1n) is 7.24. The van der Waals surface area contributed by atoms with Crippen LogP contribution in [0.4, 0.5) is 19.3 Å². The smallest absolute Gasteiger partial charge is 0.325 e. The maximum Gasteiger partial charge on any atom is 0.325 e. The van der Waals surface area contributed by atoms with Gasteiger partial charge in [0.2, 0.25) is 5.91 Å². The summed E-state index contributed by atoms with van der Waals surface area (Å²) in [7, 11) is 0. The molecule has 4 amide bonds. The third-order valence-corrected chi connectivity index (χ3v) is 3.80. The number of rotatable bonds is 4. The topological polar surface area (TPSA) is 91.7 Å². The zero-order chi connectivity index (χ0) is 18.2. The summed E-state index contributed by atoms with van der Waals surface area (Å²) < 4.78 is 31.6. The van der Waals surface area contributed by atoms with Gasteiger partial charge < -0.3 is 15.1 Å². The van der Waals surface area contributed by atoms with Crippen molar-refractivity contribution in [2.75, 3.05) is 11.9 Å². The Bertz CT molecular complexity index is 853. The molecule has 0 spiro atoms. The lowest BCUT2D eigenvalue weighted by atomic mass is 9.99. The molecule has 1 aromatic heterocycles. The molecule has 0 bridgehead atoms. The number of furan rings is 1. The summed E-state index contributed by atoms with van der Waals surface area (Å²) in [5, 5.41) is 4.65.